The Bertz CT molecular complexity index is 987. The van der Waals surface area contributed by atoms with E-state index in [0.717, 1.165) is 11.1 Å². The number of benzene rings is 2. The smallest absolute Gasteiger partial charge is 0.315 e. The van der Waals surface area contributed by atoms with Gasteiger partial charge in [0.2, 0.25) is 5.91 Å². The molecule has 8 nitrogen and oxygen atoms in total. The summed E-state index contributed by atoms with van der Waals surface area (Å²) >= 11 is 0. The zero-order valence-electron chi connectivity index (χ0n) is 17.0. The van der Waals surface area contributed by atoms with Crippen molar-refractivity contribution >= 4 is 11.9 Å². The van der Waals surface area contributed by atoms with Crippen LogP contribution in [0.4, 0.5) is 4.79 Å². The molecule has 0 aliphatic heterocycles. The summed E-state index contributed by atoms with van der Waals surface area (Å²) in [6.07, 6.45) is 3.47. The molecule has 3 rings (SSSR count). The van der Waals surface area contributed by atoms with Crippen LogP contribution in [0.15, 0.2) is 67.0 Å². The van der Waals surface area contributed by atoms with Crippen molar-refractivity contribution in [3.05, 3.63) is 83.9 Å². The molecule has 0 aliphatic rings. The molecule has 0 spiro atoms. The molecule has 2 aromatic carbocycles. The molecule has 0 bridgehead atoms. The van der Waals surface area contributed by atoms with Crippen molar-refractivity contribution in [2.45, 2.75) is 12.6 Å². The van der Waals surface area contributed by atoms with Gasteiger partial charge in [-0.15, -0.1) is 0 Å². The number of nitrogens with zero attached hydrogens (tertiary/aromatic N) is 2. The van der Waals surface area contributed by atoms with Crippen molar-refractivity contribution in [2.75, 3.05) is 13.7 Å². The molecule has 1 atom stereocenters. The molecule has 3 aromatic rings. The number of methoxy groups -OCH3 is 1. The van der Waals surface area contributed by atoms with Crippen molar-refractivity contribution in [1.82, 2.24) is 25.5 Å². The average Bonchev–Trinajstić information content (AvgIpc) is 3.21. The molecule has 1 aromatic heterocycles. The maximum Gasteiger partial charge on any atom is 0.315 e. The van der Waals surface area contributed by atoms with Gasteiger partial charge in [0, 0.05) is 31.5 Å². The fourth-order valence-corrected chi connectivity index (χ4v) is 3.05. The van der Waals surface area contributed by atoms with Gasteiger partial charge >= 0.3 is 6.03 Å². The van der Waals surface area contributed by atoms with E-state index in [1.54, 1.807) is 19.5 Å². The number of nitrogens with one attached hydrogen (secondary N) is 3. The minimum Gasteiger partial charge on any atom is -0.496 e. The van der Waals surface area contributed by atoms with Gasteiger partial charge < -0.3 is 25.3 Å². The van der Waals surface area contributed by atoms with Crippen molar-refractivity contribution < 1.29 is 14.3 Å². The topological polar surface area (TPSA) is 97.3 Å². The SMILES string of the molecule is COc1ccccc1C(NC(=O)CNC(=O)NCc1ccccc1)c1nccn1C. The number of rotatable bonds is 8. The normalized spacial score (nSPS) is 11.4. The number of aromatic nitrogens is 2. The van der Waals surface area contributed by atoms with Gasteiger partial charge in [0.25, 0.3) is 0 Å². The summed E-state index contributed by atoms with van der Waals surface area (Å²) < 4.78 is 7.28. The molecule has 8 heteroatoms. The fraction of sp³-hybridized carbons (Fsp3) is 0.227. The molecule has 3 N–H and O–H groups in total. The van der Waals surface area contributed by atoms with Gasteiger partial charge in [0.15, 0.2) is 0 Å². The number of urea groups is 1. The number of hydrogen-bond acceptors (Lipinski definition) is 4. The molecule has 0 aliphatic carbocycles. The Morgan fingerprint density at radius 3 is 2.50 bits per heavy atom. The summed E-state index contributed by atoms with van der Waals surface area (Å²) in [6.45, 7) is 0.210. The van der Waals surface area contributed by atoms with Crippen LogP contribution in [0.2, 0.25) is 0 Å². The van der Waals surface area contributed by atoms with E-state index in [0.29, 0.717) is 18.1 Å². The molecule has 0 fully saturated rings. The zero-order valence-corrected chi connectivity index (χ0v) is 17.0. The summed E-state index contributed by atoms with van der Waals surface area (Å²) in [7, 11) is 3.43. The van der Waals surface area contributed by atoms with E-state index in [1.165, 1.54) is 0 Å². The molecule has 30 heavy (non-hydrogen) atoms. The number of carbonyl (C=O) groups excluding carboxylic acids is 2. The lowest BCUT2D eigenvalue weighted by Gasteiger charge is -2.21. The van der Waals surface area contributed by atoms with Gasteiger partial charge in [-0.05, 0) is 11.6 Å². The third-order valence-corrected chi connectivity index (χ3v) is 4.58. The first-order valence-corrected chi connectivity index (χ1v) is 9.53. The van der Waals surface area contributed by atoms with Gasteiger partial charge in [-0.2, -0.15) is 0 Å². The molecule has 1 unspecified atom stereocenters. The maximum absolute atomic E-state index is 12.6. The van der Waals surface area contributed by atoms with Crippen LogP contribution in [0.5, 0.6) is 5.75 Å². The predicted molar refractivity (Wildman–Crippen MR) is 113 cm³/mol. The Kier molecular flexibility index (Phi) is 7.05. The molecular weight excluding hydrogens is 382 g/mol. The second-order valence-electron chi connectivity index (χ2n) is 6.66. The van der Waals surface area contributed by atoms with Crippen molar-refractivity contribution in [3.8, 4) is 5.75 Å². The molecule has 156 valence electrons. The highest BCUT2D eigenvalue weighted by Gasteiger charge is 2.23. The molecule has 0 saturated carbocycles. The number of imidazole rings is 1. The van der Waals surface area contributed by atoms with Crippen LogP contribution in [0.25, 0.3) is 0 Å². The number of ether oxygens (including phenoxy) is 1. The van der Waals surface area contributed by atoms with Crippen LogP contribution in [0.1, 0.15) is 23.0 Å². The van der Waals surface area contributed by atoms with E-state index >= 15 is 0 Å². The van der Waals surface area contributed by atoms with E-state index in [9.17, 15) is 9.59 Å². The van der Waals surface area contributed by atoms with Crippen LogP contribution in [-0.2, 0) is 18.4 Å². The molecule has 3 amide bonds. The lowest BCUT2D eigenvalue weighted by molar-refractivity contribution is -0.120. The summed E-state index contributed by atoms with van der Waals surface area (Å²) in [6, 6.07) is 16.0. The lowest BCUT2D eigenvalue weighted by Crippen LogP contribution is -2.43. The second kappa shape index (κ2) is 10.1. The largest absolute Gasteiger partial charge is 0.496 e. The van der Waals surface area contributed by atoms with Crippen molar-refractivity contribution in [3.63, 3.8) is 0 Å². The van der Waals surface area contributed by atoms with E-state index < -0.39 is 12.1 Å². The van der Waals surface area contributed by atoms with Crippen LogP contribution in [-0.4, -0.2) is 35.1 Å². The third-order valence-electron chi connectivity index (χ3n) is 4.58. The summed E-state index contributed by atoms with van der Waals surface area (Å²) in [5, 5.41) is 8.24. The zero-order chi connectivity index (χ0) is 21.3. The van der Waals surface area contributed by atoms with Gasteiger partial charge in [0.05, 0.1) is 13.7 Å². The van der Waals surface area contributed by atoms with Crippen molar-refractivity contribution in [1.29, 1.82) is 0 Å². The number of hydrogen-bond donors (Lipinski definition) is 3. The molecule has 0 saturated heterocycles. The Hall–Kier alpha value is -3.81. The van der Waals surface area contributed by atoms with Gasteiger partial charge in [-0.25, -0.2) is 9.78 Å². The Balaban J connectivity index is 1.62. The van der Waals surface area contributed by atoms with Crippen LogP contribution in [0, 0.1) is 0 Å². The second-order valence-corrected chi connectivity index (χ2v) is 6.66. The van der Waals surface area contributed by atoms with E-state index in [-0.39, 0.29) is 12.5 Å². The number of carbonyl (C=O) groups is 2. The Morgan fingerprint density at radius 2 is 1.80 bits per heavy atom. The van der Waals surface area contributed by atoms with Crippen LogP contribution in [0.3, 0.4) is 0 Å². The maximum atomic E-state index is 12.6. The highest BCUT2D eigenvalue weighted by atomic mass is 16.5. The highest BCUT2D eigenvalue weighted by molar-refractivity contribution is 5.84. The number of para-hydroxylation sites is 1. The summed E-state index contributed by atoms with van der Waals surface area (Å²) in [5.41, 5.74) is 1.75. The monoisotopic (exact) mass is 407 g/mol. The molecular formula is C22H25N5O3. The minimum absolute atomic E-state index is 0.170. The first-order valence-electron chi connectivity index (χ1n) is 9.53. The summed E-state index contributed by atoms with van der Waals surface area (Å²) in [4.78, 5) is 29.0. The van der Waals surface area contributed by atoms with Gasteiger partial charge in [0.1, 0.15) is 17.6 Å². The van der Waals surface area contributed by atoms with E-state index in [4.69, 9.17) is 4.74 Å². The van der Waals surface area contributed by atoms with Gasteiger partial charge in [-0.1, -0.05) is 48.5 Å². The third kappa shape index (κ3) is 5.38. The first-order chi connectivity index (χ1) is 14.6. The Morgan fingerprint density at radius 1 is 1.07 bits per heavy atom. The summed E-state index contributed by atoms with van der Waals surface area (Å²) in [5.74, 6) is 0.949. The number of aryl methyl sites for hydroxylation is 1. The van der Waals surface area contributed by atoms with Gasteiger partial charge in [-0.3, -0.25) is 4.79 Å². The highest BCUT2D eigenvalue weighted by Crippen LogP contribution is 2.28. The van der Waals surface area contributed by atoms with E-state index in [2.05, 4.69) is 20.9 Å². The van der Waals surface area contributed by atoms with Crippen LogP contribution >= 0.6 is 0 Å². The standard InChI is InChI=1S/C22H25N5O3/c1-27-13-12-23-21(27)20(17-10-6-7-11-18(17)30-2)26-19(28)15-25-22(29)24-14-16-8-4-3-5-9-16/h3-13,20H,14-15H2,1-2H3,(H,26,28)(H2,24,25,29). The lowest BCUT2D eigenvalue weighted by atomic mass is 10.0. The quantitative estimate of drug-likeness (QED) is 0.533. The Labute approximate surface area is 175 Å². The van der Waals surface area contributed by atoms with Crippen molar-refractivity contribution in [2.24, 2.45) is 7.05 Å². The average molecular weight is 407 g/mol. The predicted octanol–water partition coefficient (Wildman–Crippen LogP) is 2.13. The molecule has 1 heterocycles. The first kappa shape index (κ1) is 20.9. The number of amides is 3. The molecule has 0 radical (unpaired) electrons. The van der Waals surface area contributed by atoms with Crippen LogP contribution < -0.4 is 20.7 Å². The van der Waals surface area contributed by atoms with E-state index in [1.807, 2.05) is 66.2 Å². The minimum atomic E-state index is -0.525. The fourth-order valence-electron chi connectivity index (χ4n) is 3.05.